The van der Waals surface area contributed by atoms with Crippen LogP contribution in [0.1, 0.15) is 18.9 Å². The van der Waals surface area contributed by atoms with Gasteiger partial charge in [-0.05, 0) is 30.0 Å². The first kappa shape index (κ1) is 24.4. The molecule has 0 aliphatic heterocycles. The zero-order chi connectivity index (χ0) is 22.8. The predicted molar refractivity (Wildman–Crippen MR) is 99.7 cm³/mol. The van der Waals surface area contributed by atoms with Crippen molar-refractivity contribution in [2.24, 2.45) is 0 Å². The van der Waals surface area contributed by atoms with E-state index in [1.807, 2.05) is 0 Å². The van der Waals surface area contributed by atoms with E-state index in [2.05, 4.69) is 10.0 Å². The summed E-state index contributed by atoms with van der Waals surface area (Å²) < 4.78 is 104. The summed E-state index contributed by atoms with van der Waals surface area (Å²) in [5.41, 5.74) is -6.22. The molecule has 30 heavy (non-hydrogen) atoms. The standard InChI is InChI=1S/C17H18F6N2O3S2/c1-2-12(10-24-30(27,28)14-4-3-9-29-14)25-13-7-5-11(6-8-13)15(26,16(18,19)20)17(21,22)23/h3-9,12,24-26H,2,10H2,1H3. The van der Waals surface area contributed by atoms with Crippen molar-refractivity contribution in [3.8, 4) is 0 Å². The molecule has 1 aromatic heterocycles. The lowest BCUT2D eigenvalue weighted by Gasteiger charge is -2.32. The van der Waals surface area contributed by atoms with Crippen LogP contribution in [0.5, 0.6) is 0 Å². The highest BCUT2D eigenvalue weighted by Gasteiger charge is 2.71. The van der Waals surface area contributed by atoms with E-state index in [4.69, 9.17) is 0 Å². The minimum absolute atomic E-state index is 0.0620. The fraction of sp³-hybridized carbons (Fsp3) is 0.412. The summed E-state index contributed by atoms with van der Waals surface area (Å²) in [5.74, 6) is 0. The Balaban J connectivity index is 2.14. The molecule has 5 nitrogen and oxygen atoms in total. The number of thiophene rings is 1. The van der Waals surface area contributed by atoms with Crippen molar-refractivity contribution in [1.29, 1.82) is 0 Å². The minimum atomic E-state index is -5.97. The molecule has 2 rings (SSSR count). The highest BCUT2D eigenvalue weighted by Crippen LogP contribution is 2.50. The van der Waals surface area contributed by atoms with Gasteiger partial charge in [0.15, 0.2) is 0 Å². The molecular formula is C17H18F6N2O3S2. The number of aliphatic hydroxyl groups is 1. The summed E-state index contributed by atoms with van der Waals surface area (Å²) in [6.45, 7) is 1.66. The number of halogens is 6. The average Bonchev–Trinajstić information content (AvgIpc) is 3.19. The molecule has 13 heteroatoms. The van der Waals surface area contributed by atoms with Crippen LogP contribution in [0, 0.1) is 0 Å². The quantitative estimate of drug-likeness (QED) is 0.499. The Morgan fingerprint density at radius 1 is 1.03 bits per heavy atom. The first-order valence-corrected chi connectivity index (χ1v) is 10.8. The molecule has 0 fully saturated rings. The van der Waals surface area contributed by atoms with E-state index in [-0.39, 0.29) is 16.4 Å². The average molecular weight is 476 g/mol. The molecule has 0 bridgehead atoms. The van der Waals surface area contributed by atoms with Crippen molar-refractivity contribution in [2.45, 2.75) is 41.5 Å². The Kier molecular flexibility index (Phi) is 7.11. The molecule has 0 radical (unpaired) electrons. The van der Waals surface area contributed by atoms with Crippen molar-refractivity contribution in [3.63, 3.8) is 0 Å². The third-order valence-electron chi connectivity index (χ3n) is 4.27. The lowest BCUT2D eigenvalue weighted by Crippen LogP contribution is -2.53. The molecule has 0 saturated heterocycles. The Bertz CT molecular complexity index is 912. The largest absolute Gasteiger partial charge is 0.430 e. The fourth-order valence-corrected chi connectivity index (χ4v) is 4.65. The Morgan fingerprint density at radius 3 is 2.03 bits per heavy atom. The van der Waals surface area contributed by atoms with Gasteiger partial charge in [0.25, 0.3) is 5.60 Å². The summed E-state index contributed by atoms with van der Waals surface area (Å²) in [5, 5.41) is 13.8. The van der Waals surface area contributed by atoms with Crippen LogP contribution in [0.3, 0.4) is 0 Å². The number of rotatable bonds is 8. The van der Waals surface area contributed by atoms with Crippen molar-refractivity contribution >= 4 is 27.0 Å². The van der Waals surface area contributed by atoms with Crippen LogP contribution in [0.25, 0.3) is 0 Å². The number of alkyl halides is 6. The molecule has 0 aliphatic carbocycles. The molecule has 1 unspecified atom stereocenters. The van der Waals surface area contributed by atoms with E-state index in [0.717, 1.165) is 23.5 Å². The second-order valence-corrected chi connectivity index (χ2v) is 9.26. The molecule has 0 aliphatic rings. The highest BCUT2D eigenvalue weighted by atomic mass is 32.2. The number of nitrogens with one attached hydrogen (secondary N) is 2. The van der Waals surface area contributed by atoms with Gasteiger partial charge in [-0.25, -0.2) is 13.1 Å². The highest BCUT2D eigenvalue weighted by molar-refractivity contribution is 7.91. The smallest absolute Gasteiger partial charge is 0.381 e. The second kappa shape index (κ2) is 8.73. The van der Waals surface area contributed by atoms with Crippen LogP contribution in [-0.2, 0) is 15.6 Å². The molecule has 0 saturated carbocycles. The maximum atomic E-state index is 12.9. The zero-order valence-electron chi connectivity index (χ0n) is 15.4. The molecule has 2 aromatic rings. The maximum Gasteiger partial charge on any atom is 0.430 e. The molecule has 0 amide bonds. The van der Waals surface area contributed by atoms with Crippen molar-refractivity contribution in [1.82, 2.24) is 4.72 Å². The van der Waals surface area contributed by atoms with E-state index in [9.17, 15) is 39.9 Å². The van der Waals surface area contributed by atoms with Gasteiger partial charge in [0.2, 0.25) is 10.0 Å². The first-order valence-electron chi connectivity index (χ1n) is 8.48. The van der Waals surface area contributed by atoms with Crippen molar-refractivity contribution < 1.29 is 39.9 Å². The van der Waals surface area contributed by atoms with E-state index < -0.39 is 39.6 Å². The summed E-state index contributed by atoms with van der Waals surface area (Å²) >= 11 is 1.02. The summed E-state index contributed by atoms with van der Waals surface area (Å²) in [4.78, 5) is 0. The second-order valence-electron chi connectivity index (χ2n) is 6.32. The zero-order valence-corrected chi connectivity index (χ0v) is 17.0. The van der Waals surface area contributed by atoms with Gasteiger partial charge in [0, 0.05) is 23.8 Å². The van der Waals surface area contributed by atoms with Gasteiger partial charge >= 0.3 is 12.4 Å². The third kappa shape index (κ3) is 5.07. The molecular weight excluding hydrogens is 458 g/mol. The van der Waals surface area contributed by atoms with Gasteiger partial charge in [-0.1, -0.05) is 25.1 Å². The Morgan fingerprint density at radius 2 is 1.60 bits per heavy atom. The fourth-order valence-electron chi connectivity index (χ4n) is 2.53. The van der Waals surface area contributed by atoms with E-state index >= 15 is 0 Å². The van der Waals surface area contributed by atoms with Crippen molar-refractivity contribution in [2.75, 3.05) is 11.9 Å². The van der Waals surface area contributed by atoms with E-state index in [0.29, 0.717) is 18.6 Å². The number of benzene rings is 1. The van der Waals surface area contributed by atoms with Crippen LogP contribution >= 0.6 is 11.3 Å². The predicted octanol–water partition coefficient (Wildman–Crippen LogP) is 4.23. The van der Waals surface area contributed by atoms with Gasteiger partial charge in [-0.2, -0.15) is 26.3 Å². The summed E-state index contributed by atoms with van der Waals surface area (Å²) in [6, 6.07) is 5.44. The van der Waals surface area contributed by atoms with Gasteiger partial charge in [-0.15, -0.1) is 11.3 Å². The molecule has 1 atom stereocenters. The topological polar surface area (TPSA) is 78.4 Å². The number of hydrogen-bond acceptors (Lipinski definition) is 5. The normalized spacial score (nSPS) is 14.5. The molecule has 0 spiro atoms. The van der Waals surface area contributed by atoms with Crippen LogP contribution in [0.2, 0.25) is 0 Å². The van der Waals surface area contributed by atoms with Crippen molar-refractivity contribution in [3.05, 3.63) is 47.3 Å². The van der Waals surface area contributed by atoms with Crippen LogP contribution in [0.4, 0.5) is 32.0 Å². The van der Waals surface area contributed by atoms with Crippen LogP contribution in [0.15, 0.2) is 46.0 Å². The lowest BCUT2D eigenvalue weighted by molar-refractivity contribution is -0.376. The third-order valence-corrected chi connectivity index (χ3v) is 7.09. The van der Waals surface area contributed by atoms with E-state index in [1.54, 1.807) is 18.4 Å². The summed E-state index contributed by atoms with van der Waals surface area (Å²) in [6.07, 6.45) is -11.5. The lowest BCUT2D eigenvalue weighted by atomic mass is 9.92. The monoisotopic (exact) mass is 476 g/mol. The maximum absolute atomic E-state index is 12.9. The van der Waals surface area contributed by atoms with E-state index in [1.165, 1.54) is 6.07 Å². The number of hydrogen-bond donors (Lipinski definition) is 3. The number of sulfonamides is 1. The van der Waals surface area contributed by atoms with Gasteiger partial charge in [0.1, 0.15) is 4.21 Å². The number of anilines is 1. The van der Waals surface area contributed by atoms with Crippen LogP contribution < -0.4 is 10.0 Å². The first-order chi connectivity index (χ1) is 13.7. The molecule has 1 heterocycles. The van der Waals surface area contributed by atoms with Gasteiger partial charge < -0.3 is 10.4 Å². The summed E-state index contributed by atoms with van der Waals surface area (Å²) in [7, 11) is -3.73. The van der Waals surface area contributed by atoms with Gasteiger partial charge in [0.05, 0.1) is 0 Å². The Labute approximate surface area is 172 Å². The molecule has 168 valence electrons. The Hall–Kier alpha value is -1.83. The van der Waals surface area contributed by atoms with Crippen LogP contribution in [-0.4, -0.2) is 38.5 Å². The minimum Gasteiger partial charge on any atom is -0.381 e. The molecule has 3 N–H and O–H groups in total. The SMILES string of the molecule is CCC(CNS(=O)(=O)c1cccs1)Nc1ccc(C(O)(C(F)(F)F)C(F)(F)F)cc1. The molecule has 1 aromatic carbocycles. The van der Waals surface area contributed by atoms with Gasteiger partial charge in [-0.3, -0.25) is 0 Å².